The van der Waals surface area contributed by atoms with Gasteiger partial charge in [-0.1, -0.05) is 31.7 Å². The highest BCUT2D eigenvalue weighted by Crippen LogP contribution is 2.46. The maximum absolute atomic E-state index is 14.9. The molecule has 0 bridgehead atoms. The molecule has 228 valence electrons. The summed E-state index contributed by atoms with van der Waals surface area (Å²) in [4.78, 5) is 30.2. The summed E-state index contributed by atoms with van der Waals surface area (Å²) >= 11 is 0. The van der Waals surface area contributed by atoms with E-state index in [0.29, 0.717) is 58.2 Å². The van der Waals surface area contributed by atoms with Gasteiger partial charge in [-0.15, -0.1) is 0 Å². The van der Waals surface area contributed by atoms with Crippen molar-refractivity contribution in [1.29, 1.82) is 0 Å². The van der Waals surface area contributed by atoms with Gasteiger partial charge in [0.15, 0.2) is 5.83 Å². The second-order valence-corrected chi connectivity index (χ2v) is 12.4. The summed E-state index contributed by atoms with van der Waals surface area (Å²) < 4.78 is 34.7. The van der Waals surface area contributed by atoms with Crippen molar-refractivity contribution in [2.75, 3.05) is 69.8 Å². The van der Waals surface area contributed by atoms with E-state index in [1.165, 1.54) is 4.90 Å². The van der Waals surface area contributed by atoms with Crippen molar-refractivity contribution in [2.45, 2.75) is 39.2 Å². The van der Waals surface area contributed by atoms with Crippen LogP contribution in [0.4, 0.5) is 20.3 Å². The second-order valence-electron chi connectivity index (χ2n) is 12.4. The molecule has 0 N–H and O–H groups in total. The zero-order chi connectivity index (χ0) is 30.3. The predicted octanol–water partition coefficient (Wildman–Crippen LogP) is 4.75. The number of amides is 1. The van der Waals surface area contributed by atoms with Crippen molar-refractivity contribution in [3.05, 3.63) is 65.4 Å². The largest absolute Gasteiger partial charge is 0.463 e. The van der Waals surface area contributed by atoms with Crippen LogP contribution in [0.2, 0.25) is 0 Å². The lowest BCUT2D eigenvalue weighted by atomic mass is 9.97. The molecule has 1 saturated carbocycles. The van der Waals surface area contributed by atoms with Crippen LogP contribution in [0.5, 0.6) is 6.01 Å². The lowest BCUT2D eigenvalue weighted by Gasteiger charge is -2.38. The Morgan fingerprint density at radius 3 is 2.51 bits per heavy atom. The Bertz CT molecular complexity index is 1550. The lowest BCUT2D eigenvalue weighted by Crippen LogP contribution is -2.49. The molecule has 0 spiro atoms. The smallest absolute Gasteiger partial charge is 0.318 e. The number of halogens is 2. The summed E-state index contributed by atoms with van der Waals surface area (Å²) in [5, 5.41) is 1.97. The van der Waals surface area contributed by atoms with E-state index in [9.17, 15) is 13.6 Å². The molecule has 3 aliphatic rings. The minimum atomic E-state index is -0.935. The molecule has 0 unspecified atom stereocenters. The van der Waals surface area contributed by atoms with Crippen LogP contribution in [0.25, 0.3) is 10.8 Å². The van der Waals surface area contributed by atoms with Gasteiger partial charge in [0, 0.05) is 61.3 Å². The number of piperazine rings is 1. The van der Waals surface area contributed by atoms with Crippen LogP contribution >= 0.6 is 0 Å². The maximum Gasteiger partial charge on any atom is 0.318 e. The minimum Gasteiger partial charge on any atom is -0.463 e. The molecular weight excluding hydrogens is 550 g/mol. The Balaban J connectivity index is 1.32. The van der Waals surface area contributed by atoms with Crippen molar-refractivity contribution >= 4 is 28.2 Å². The molecule has 1 aromatic heterocycles. The number of anilines is 2. The van der Waals surface area contributed by atoms with Gasteiger partial charge >= 0.3 is 6.01 Å². The molecule has 6 rings (SSSR count). The number of hydrogen-bond donors (Lipinski definition) is 0. The van der Waals surface area contributed by atoms with Gasteiger partial charge in [0.05, 0.1) is 18.8 Å². The van der Waals surface area contributed by atoms with Crippen LogP contribution in [0.1, 0.15) is 36.6 Å². The molecule has 2 aromatic carbocycles. The van der Waals surface area contributed by atoms with Gasteiger partial charge in [0.25, 0.3) is 5.91 Å². The molecular formula is C33H40F2N6O2. The average Bonchev–Trinajstić information content (AvgIpc) is 3.77. The number of fused-ring (bicyclic) bond motifs is 2. The van der Waals surface area contributed by atoms with Crippen molar-refractivity contribution < 1.29 is 18.3 Å². The SMILES string of the molecule is C=C(F)C(=O)N1CCN(c2nc(OCC3(CN(C)C)CC3)nc3c2CCN(c2cccc4ccc(F)c(CC)c24)C3)CC1. The van der Waals surface area contributed by atoms with Crippen LogP contribution in [-0.2, 0) is 24.2 Å². The van der Waals surface area contributed by atoms with Gasteiger partial charge in [-0.3, -0.25) is 4.79 Å². The molecule has 0 radical (unpaired) electrons. The first-order chi connectivity index (χ1) is 20.7. The van der Waals surface area contributed by atoms with E-state index in [1.54, 1.807) is 6.07 Å². The summed E-state index contributed by atoms with van der Waals surface area (Å²) in [5.74, 6) is -0.949. The standard InChI is InChI=1S/C33H40F2N6O2/c1-5-24-26(35)10-9-23-7-6-8-28(29(23)24)41-14-11-25-27(19-41)36-32(43-21-33(12-13-33)20-38(3)4)37-30(25)39-15-17-40(18-16-39)31(42)22(2)34/h6-10H,2,5,11-21H2,1,3-4H3. The molecule has 0 atom stereocenters. The third-order valence-electron chi connectivity index (χ3n) is 9.01. The van der Waals surface area contributed by atoms with E-state index in [1.807, 2.05) is 25.1 Å². The van der Waals surface area contributed by atoms with Crippen LogP contribution in [0.3, 0.4) is 0 Å². The molecule has 2 fully saturated rings. The Morgan fingerprint density at radius 2 is 1.84 bits per heavy atom. The van der Waals surface area contributed by atoms with Gasteiger partial charge < -0.3 is 24.3 Å². The van der Waals surface area contributed by atoms with Crippen molar-refractivity contribution in [2.24, 2.45) is 5.41 Å². The molecule has 1 aliphatic carbocycles. The quantitative estimate of drug-likeness (QED) is 0.334. The fourth-order valence-corrected chi connectivity index (χ4v) is 6.64. The third kappa shape index (κ3) is 5.89. The van der Waals surface area contributed by atoms with Gasteiger partial charge in [-0.05, 0) is 62.9 Å². The van der Waals surface area contributed by atoms with E-state index in [2.05, 4.69) is 41.4 Å². The summed E-state index contributed by atoms with van der Waals surface area (Å²) in [6.07, 6.45) is 3.55. The number of aromatic nitrogens is 2. The first-order valence-electron chi connectivity index (χ1n) is 15.2. The number of benzene rings is 2. The predicted molar refractivity (Wildman–Crippen MR) is 165 cm³/mol. The zero-order valence-electron chi connectivity index (χ0n) is 25.3. The third-order valence-corrected chi connectivity index (χ3v) is 9.01. The molecule has 1 amide bonds. The topological polar surface area (TPSA) is 65.0 Å². The van der Waals surface area contributed by atoms with E-state index >= 15 is 0 Å². The van der Waals surface area contributed by atoms with Gasteiger partial charge in [0.2, 0.25) is 0 Å². The van der Waals surface area contributed by atoms with E-state index in [-0.39, 0.29) is 11.2 Å². The van der Waals surface area contributed by atoms with Crippen LogP contribution in [-0.4, -0.2) is 85.6 Å². The normalized spacial score (nSPS) is 17.8. The minimum absolute atomic E-state index is 0.124. The van der Waals surface area contributed by atoms with Crippen molar-refractivity contribution in [1.82, 2.24) is 19.8 Å². The molecule has 10 heteroatoms. The van der Waals surface area contributed by atoms with Crippen molar-refractivity contribution in [3.8, 4) is 6.01 Å². The molecule has 8 nitrogen and oxygen atoms in total. The Labute approximate surface area is 251 Å². The first kappa shape index (κ1) is 29.3. The van der Waals surface area contributed by atoms with Gasteiger partial charge in [-0.2, -0.15) is 9.97 Å². The fraction of sp³-hybridized carbons (Fsp3) is 0.485. The number of aryl methyl sites for hydroxylation is 1. The second kappa shape index (κ2) is 11.7. The molecule has 2 aliphatic heterocycles. The number of carbonyl (C=O) groups excluding carboxylic acids is 1. The van der Waals surface area contributed by atoms with Gasteiger partial charge in [0.1, 0.15) is 11.6 Å². The Kier molecular flexibility index (Phi) is 7.98. The average molecular weight is 591 g/mol. The number of nitrogens with zero attached hydrogens (tertiary/aromatic N) is 6. The highest BCUT2D eigenvalue weighted by molar-refractivity contribution is 5.97. The van der Waals surface area contributed by atoms with Gasteiger partial charge in [-0.25, -0.2) is 8.78 Å². The summed E-state index contributed by atoms with van der Waals surface area (Å²) in [6, 6.07) is 9.89. The number of carbonyl (C=O) groups is 1. The van der Waals surface area contributed by atoms with Crippen molar-refractivity contribution in [3.63, 3.8) is 0 Å². The number of ether oxygens (including phenoxy) is 1. The Morgan fingerprint density at radius 1 is 1.07 bits per heavy atom. The summed E-state index contributed by atoms with van der Waals surface area (Å²) in [5.41, 5.74) is 3.81. The number of hydrogen-bond acceptors (Lipinski definition) is 7. The summed E-state index contributed by atoms with van der Waals surface area (Å²) in [6.45, 7) is 9.76. The maximum atomic E-state index is 14.9. The van der Waals surface area contributed by atoms with E-state index in [4.69, 9.17) is 14.7 Å². The molecule has 1 saturated heterocycles. The first-order valence-corrected chi connectivity index (χ1v) is 15.2. The molecule has 3 heterocycles. The lowest BCUT2D eigenvalue weighted by molar-refractivity contribution is -0.128. The fourth-order valence-electron chi connectivity index (χ4n) is 6.64. The monoisotopic (exact) mass is 590 g/mol. The highest BCUT2D eigenvalue weighted by Gasteiger charge is 2.44. The van der Waals surface area contributed by atoms with Crippen LogP contribution < -0.4 is 14.5 Å². The van der Waals surface area contributed by atoms with E-state index in [0.717, 1.165) is 65.0 Å². The zero-order valence-corrected chi connectivity index (χ0v) is 25.3. The molecule has 3 aromatic rings. The molecule has 43 heavy (non-hydrogen) atoms. The van der Waals surface area contributed by atoms with E-state index < -0.39 is 11.7 Å². The number of rotatable bonds is 9. The highest BCUT2D eigenvalue weighted by atomic mass is 19.1. The van der Waals surface area contributed by atoms with Crippen LogP contribution in [0, 0.1) is 11.2 Å². The summed E-state index contributed by atoms with van der Waals surface area (Å²) in [7, 11) is 4.15. The van der Waals surface area contributed by atoms with Crippen LogP contribution in [0.15, 0.2) is 42.7 Å². The Hall–Kier alpha value is -3.79.